The lowest BCUT2D eigenvalue weighted by Gasteiger charge is -2.18. The van der Waals surface area contributed by atoms with Gasteiger partial charge in [0.05, 0.1) is 18.7 Å². The summed E-state index contributed by atoms with van der Waals surface area (Å²) in [5.41, 5.74) is 11.6. The van der Waals surface area contributed by atoms with Gasteiger partial charge in [-0.2, -0.15) is 0 Å². The number of benzene rings is 2. The number of aryl methyl sites for hydroxylation is 2. The molecule has 1 fully saturated rings. The highest BCUT2D eigenvalue weighted by atomic mass is 35.5. The van der Waals surface area contributed by atoms with Crippen molar-refractivity contribution in [2.75, 3.05) is 6.61 Å². The lowest BCUT2D eigenvalue weighted by Crippen LogP contribution is -2.23. The van der Waals surface area contributed by atoms with Gasteiger partial charge in [-0.3, -0.25) is 0 Å². The van der Waals surface area contributed by atoms with Crippen LogP contribution in [0, 0.1) is 13.8 Å². The van der Waals surface area contributed by atoms with E-state index < -0.39 is 0 Å². The molecule has 2 N–H and O–H groups in total. The molecule has 3 aromatic rings. The first kappa shape index (κ1) is 22.3. The largest absolute Gasteiger partial charge is 0.376 e. The first-order valence-electron chi connectivity index (χ1n) is 10.7. The van der Waals surface area contributed by atoms with Gasteiger partial charge in [-0.1, -0.05) is 64.8 Å². The van der Waals surface area contributed by atoms with Gasteiger partial charge in [-0.15, -0.1) is 10.2 Å². The number of rotatable bonds is 8. The van der Waals surface area contributed by atoms with Crippen molar-refractivity contribution in [2.24, 2.45) is 5.73 Å². The zero-order valence-corrected chi connectivity index (χ0v) is 19.6. The van der Waals surface area contributed by atoms with E-state index in [1.165, 1.54) is 16.7 Å². The molecule has 1 saturated heterocycles. The number of hydrogen-bond acceptors (Lipinski definition) is 5. The SMILES string of the molecule is Cc1cc(C)cc(CSc2nnc(C(N)Cc3ccc(Cl)cc3)n2CC2CCCO2)c1. The Bertz CT molecular complexity index is 995. The van der Waals surface area contributed by atoms with E-state index in [0.717, 1.165) is 53.3 Å². The molecule has 0 bridgehead atoms. The lowest BCUT2D eigenvalue weighted by molar-refractivity contribution is 0.0938. The zero-order chi connectivity index (χ0) is 21.8. The average Bonchev–Trinajstić information content (AvgIpc) is 3.38. The van der Waals surface area contributed by atoms with Crippen LogP contribution in [0.2, 0.25) is 5.02 Å². The Morgan fingerprint density at radius 2 is 1.87 bits per heavy atom. The Morgan fingerprint density at radius 1 is 1.13 bits per heavy atom. The van der Waals surface area contributed by atoms with E-state index in [4.69, 9.17) is 22.1 Å². The van der Waals surface area contributed by atoms with E-state index in [1.54, 1.807) is 11.8 Å². The summed E-state index contributed by atoms with van der Waals surface area (Å²) in [6, 6.07) is 14.2. The second kappa shape index (κ2) is 10.2. The molecule has 0 aliphatic carbocycles. The Hall–Kier alpha value is -1.86. The Kier molecular flexibility index (Phi) is 7.33. The number of thioether (sulfide) groups is 1. The maximum Gasteiger partial charge on any atom is 0.191 e. The van der Waals surface area contributed by atoms with Crippen LogP contribution in [0.25, 0.3) is 0 Å². The lowest BCUT2D eigenvalue weighted by atomic mass is 10.1. The first-order valence-corrected chi connectivity index (χ1v) is 12.1. The van der Waals surface area contributed by atoms with Gasteiger partial charge in [0.2, 0.25) is 0 Å². The molecule has 0 saturated carbocycles. The van der Waals surface area contributed by atoms with Crippen LogP contribution >= 0.6 is 23.4 Å². The topological polar surface area (TPSA) is 66.0 Å². The van der Waals surface area contributed by atoms with E-state index >= 15 is 0 Å². The van der Waals surface area contributed by atoms with Crippen molar-refractivity contribution in [3.63, 3.8) is 0 Å². The van der Waals surface area contributed by atoms with Crippen LogP contribution in [0.3, 0.4) is 0 Å². The third-order valence-corrected chi connectivity index (χ3v) is 6.80. The molecule has 0 spiro atoms. The Morgan fingerprint density at radius 3 is 2.55 bits per heavy atom. The summed E-state index contributed by atoms with van der Waals surface area (Å²) >= 11 is 7.73. The van der Waals surface area contributed by atoms with Crippen molar-refractivity contribution >= 4 is 23.4 Å². The molecule has 2 unspecified atom stereocenters. The van der Waals surface area contributed by atoms with Gasteiger partial charge in [-0.25, -0.2) is 0 Å². The third-order valence-electron chi connectivity index (χ3n) is 5.51. The molecule has 1 aliphatic rings. The summed E-state index contributed by atoms with van der Waals surface area (Å²) in [6.07, 6.45) is 3.04. The second-order valence-electron chi connectivity index (χ2n) is 8.31. The normalized spacial score (nSPS) is 17.2. The molecule has 1 aliphatic heterocycles. The molecule has 0 radical (unpaired) electrons. The second-order valence-corrected chi connectivity index (χ2v) is 9.69. The molecule has 2 aromatic carbocycles. The maximum atomic E-state index is 6.59. The molecule has 31 heavy (non-hydrogen) atoms. The minimum Gasteiger partial charge on any atom is -0.376 e. The molecular formula is C24H29ClN4OS. The summed E-state index contributed by atoms with van der Waals surface area (Å²) in [5, 5.41) is 10.6. The van der Waals surface area contributed by atoms with Crippen molar-refractivity contribution in [1.82, 2.24) is 14.8 Å². The van der Waals surface area contributed by atoms with Crippen molar-refractivity contribution in [2.45, 2.75) is 62.7 Å². The molecule has 4 rings (SSSR count). The number of ether oxygens (including phenoxy) is 1. The van der Waals surface area contributed by atoms with E-state index in [9.17, 15) is 0 Å². The van der Waals surface area contributed by atoms with Gasteiger partial charge in [0.1, 0.15) is 0 Å². The minimum absolute atomic E-state index is 0.193. The average molecular weight is 457 g/mol. The quantitative estimate of drug-likeness (QED) is 0.468. The van der Waals surface area contributed by atoms with Crippen molar-refractivity contribution < 1.29 is 4.74 Å². The fraction of sp³-hybridized carbons (Fsp3) is 0.417. The van der Waals surface area contributed by atoms with Crippen LogP contribution in [0.4, 0.5) is 0 Å². The molecule has 7 heteroatoms. The molecule has 164 valence electrons. The van der Waals surface area contributed by atoms with Gasteiger partial charge < -0.3 is 15.0 Å². The molecule has 2 heterocycles. The van der Waals surface area contributed by atoms with Gasteiger partial charge in [0.15, 0.2) is 11.0 Å². The summed E-state index contributed by atoms with van der Waals surface area (Å²) in [7, 11) is 0. The van der Waals surface area contributed by atoms with Gasteiger partial charge in [-0.05, 0) is 56.4 Å². The van der Waals surface area contributed by atoms with Crippen LogP contribution in [0.1, 0.15) is 47.0 Å². The molecule has 2 atom stereocenters. The summed E-state index contributed by atoms with van der Waals surface area (Å²) in [4.78, 5) is 0. The Balaban J connectivity index is 1.54. The number of nitrogens with two attached hydrogens (primary N) is 1. The van der Waals surface area contributed by atoms with E-state index in [1.807, 2.05) is 24.3 Å². The number of halogens is 1. The fourth-order valence-electron chi connectivity index (χ4n) is 4.11. The minimum atomic E-state index is -0.245. The predicted octanol–water partition coefficient (Wildman–Crippen LogP) is 5.26. The van der Waals surface area contributed by atoms with Crippen LogP contribution in [-0.4, -0.2) is 27.5 Å². The van der Waals surface area contributed by atoms with E-state index in [-0.39, 0.29) is 12.1 Å². The molecule has 0 amide bonds. The standard InChI is InChI=1S/C24H29ClN4OS/c1-16-10-17(2)12-19(11-16)15-31-24-28-27-23(29(24)14-21-4-3-9-30-21)22(26)13-18-5-7-20(25)8-6-18/h5-8,10-12,21-22H,3-4,9,13-15,26H2,1-2H3. The number of nitrogens with zero attached hydrogens (tertiary/aromatic N) is 3. The molecule has 5 nitrogen and oxygen atoms in total. The van der Waals surface area contributed by atoms with Crippen molar-refractivity contribution in [3.05, 3.63) is 75.6 Å². The van der Waals surface area contributed by atoms with Gasteiger partial charge in [0.25, 0.3) is 0 Å². The third kappa shape index (κ3) is 5.89. The van der Waals surface area contributed by atoms with Gasteiger partial charge in [0, 0.05) is 17.4 Å². The monoisotopic (exact) mass is 456 g/mol. The zero-order valence-electron chi connectivity index (χ0n) is 18.1. The van der Waals surface area contributed by atoms with Crippen molar-refractivity contribution in [3.8, 4) is 0 Å². The summed E-state index contributed by atoms with van der Waals surface area (Å²) < 4.78 is 8.07. The van der Waals surface area contributed by atoms with Crippen molar-refractivity contribution in [1.29, 1.82) is 0 Å². The highest BCUT2D eigenvalue weighted by Gasteiger charge is 2.24. The van der Waals surface area contributed by atoms with Crippen LogP contribution in [0.5, 0.6) is 0 Å². The number of hydrogen-bond donors (Lipinski definition) is 1. The maximum absolute atomic E-state index is 6.59. The summed E-state index contributed by atoms with van der Waals surface area (Å²) in [5.74, 6) is 1.66. The highest BCUT2D eigenvalue weighted by Crippen LogP contribution is 2.27. The number of aromatic nitrogens is 3. The van der Waals surface area contributed by atoms with E-state index in [0.29, 0.717) is 6.42 Å². The first-order chi connectivity index (χ1) is 15.0. The fourth-order valence-corrected chi connectivity index (χ4v) is 5.12. The van der Waals surface area contributed by atoms with Crippen LogP contribution in [0.15, 0.2) is 47.6 Å². The van der Waals surface area contributed by atoms with Crippen LogP contribution in [-0.2, 0) is 23.5 Å². The van der Waals surface area contributed by atoms with Crippen LogP contribution < -0.4 is 5.73 Å². The van der Waals surface area contributed by atoms with E-state index in [2.05, 4.69) is 46.8 Å². The molecular weight excluding hydrogens is 428 g/mol. The smallest absolute Gasteiger partial charge is 0.191 e. The molecule has 1 aromatic heterocycles. The predicted molar refractivity (Wildman–Crippen MR) is 127 cm³/mol. The summed E-state index contributed by atoms with van der Waals surface area (Å²) in [6.45, 7) is 5.83. The Labute approximate surface area is 193 Å². The van der Waals surface area contributed by atoms with Gasteiger partial charge >= 0.3 is 0 Å². The highest BCUT2D eigenvalue weighted by molar-refractivity contribution is 7.98.